The quantitative estimate of drug-likeness (QED) is 0.502. The van der Waals surface area contributed by atoms with Gasteiger partial charge in [-0.2, -0.15) is 0 Å². The minimum atomic E-state index is -0.791. The molecule has 2 N–H and O–H groups in total. The Hall–Kier alpha value is -0.940. The Bertz CT molecular complexity index is 970. The minimum absolute atomic E-state index is 0.0731. The van der Waals surface area contributed by atoms with Crippen molar-refractivity contribution in [3.63, 3.8) is 0 Å². The number of carboxylic acid groups (broad SMARTS) is 1. The number of carboxylic acids is 1. The highest BCUT2D eigenvalue weighted by molar-refractivity contribution is 5.86. The van der Waals surface area contributed by atoms with E-state index >= 15 is 0 Å². The summed E-state index contributed by atoms with van der Waals surface area (Å²) >= 11 is 0. The van der Waals surface area contributed by atoms with Crippen molar-refractivity contribution in [3.8, 4) is 0 Å². The number of carbonyl (C=O) groups is 2. The van der Waals surface area contributed by atoms with Gasteiger partial charge >= 0.3 is 5.97 Å². The molecule has 5 saturated carbocycles. The fraction of sp³-hybridized carbons (Fsp3) is 0.933. The Morgan fingerprint density at radius 2 is 1.60 bits per heavy atom. The Balaban J connectivity index is 1.45. The van der Waals surface area contributed by atoms with Gasteiger partial charge in [0.15, 0.2) is 0 Å². The standard InChI is InChI=1S/C30H46O5/c1-17-7-10-22(32)26(4,5)35-18-15-30(24(33)34)20-9-8-19-25(2,3)21(31)11-12-28(19)16-29(20,28)14-13-27(30,6)23(17)18/h17-20,22-23,32H,7-16H2,1-6H3,(H,33,34)/t17-,18-,19+,20-,22-,23+,27-,28-,29+,30+/m1/s1. The van der Waals surface area contributed by atoms with Crippen LogP contribution in [-0.2, 0) is 14.3 Å². The number of carbonyl (C=O) groups excluding carboxylic acids is 1. The maximum Gasteiger partial charge on any atom is 0.310 e. The van der Waals surface area contributed by atoms with E-state index in [9.17, 15) is 19.8 Å². The zero-order valence-electron chi connectivity index (χ0n) is 22.7. The van der Waals surface area contributed by atoms with Gasteiger partial charge in [0, 0.05) is 11.8 Å². The molecule has 10 atom stereocenters. The van der Waals surface area contributed by atoms with Crippen molar-refractivity contribution in [2.24, 2.45) is 50.7 Å². The molecule has 35 heavy (non-hydrogen) atoms. The molecule has 1 aliphatic heterocycles. The van der Waals surface area contributed by atoms with E-state index < -0.39 is 23.1 Å². The number of ketones is 1. The first-order chi connectivity index (χ1) is 16.2. The third-order valence-electron chi connectivity index (χ3n) is 13.5. The lowest BCUT2D eigenvalue weighted by molar-refractivity contribution is -0.191. The second-order valence-electron chi connectivity index (χ2n) is 15.1. The molecule has 6 aliphatic rings. The third-order valence-corrected chi connectivity index (χ3v) is 13.5. The van der Waals surface area contributed by atoms with Crippen LogP contribution in [0.4, 0.5) is 0 Å². The van der Waals surface area contributed by atoms with E-state index in [1.165, 1.54) is 0 Å². The molecule has 2 spiro atoms. The predicted molar refractivity (Wildman–Crippen MR) is 133 cm³/mol. The van der Waals surface area contributed by atoms with Gasteiger partial charge in [-0.25, -0.2) is 0 Å². The average molecular weight is 487 g/mol. The molecule has 0 aromatic heterocycles. The second-order valence-corrected chi connectivity index (χ2v) is 15.1. The highest BCUT2D eigenvalue weighted by Gasteiger charge is 2.85. The molecule has 6 fully saturated rings. The minimum Gasteiger partial charge on any atom is -0.481 e. The molecule has 0 aromatic rings. The van der Waals surface area contributed by atoms with Crippen molar-refractivity contribution >= 4 is 11.8 Å². The molecule has 0 aromatic carbocycles. The van der Waals surface area contributed by atoms with Crippen LogP contribution in [0.1, 0.15) is 106 Å². The van der Waals surface area contributed by atoms with Crippen molar-refractivity contribution in [2.75, 3.05) is 0 Å². The second kappa shape index (κ2) is 6.92. The van der Waals surface area contributed by atoms with Crippen molar-refractivity contribution in [2.45, 2.75) is 124 Å². The molecular formula is C30H46O5. The third kappa shape index (κ3) is 2.63. The van der Waals surface area contributed by atoms with Gasteiger partial charge in [-0.1, -0.05) is 27.7 Å². The van der Waals surface area contributed by atoms with Gasteiger partial charge in [0.1, 0.15) is 5.78 Å². The van der Waals surface area contributed by atoms with E-state index in [1.54, 1.807) is 0 Å². The molecule has 5 nitrogen and oxygen atoms in total. The van der Waals surface area contributed by atoms with E-state index in [0.29, 0.717) is 36.9 Å². The summed E-state index contributed by atoms with van der Waals surface area (Å²) in [7, 11) is 0. The van der Waals surface area contributed by atoms with E-state index in [0.717, 1.165) is 44.9 Å². The fourth-order valence-electron chi connectivity index (χ4n) is 11.8. The average Bonchev–Trinajstić information content (AvgIpc) is 3.36. The van der Waals surface area contributed by atoms with Crippen LogP contribution in [0, 0.1) is 50.7 Å². The lowest BCUT2D eigenvalue weighted by atomic mass is 9.41. The number of aliphatic hydroxyl groups excluding tert-OH is 1. The lowest BCUT2D eigenvalue weighted by Crippen LogP contribution is -2.60. The van der Waals surface area contributed by atoms with E-state index in [2.05, 4.69) is 27.7 Å². The van der Waals surface area contributed by atoms with Gasteiger partial charge in [0.2, 0.25) is 0 Å². The molecule has 1 heterocycles. The van der Waals surface area contributed by atoms with Crippen LogP contribution in [0.2, 0.25) is 0 Å². The summed E-state index contributed by atoms with van der Waals surface area (Å²) in [6.07, 6.45) is 8.20. The molecule has 0 amide bonds. The van der Waals surface area contributed by atoms with Crippen LogP contribution in [0.5, 0.6) is 0 Å². The van der Waals surface area contributed by atoms with Gasteiger partial charge in [-0.05, 0) is 112 Å². The summed E-state index contributed by atoms with van der Waals surface area (Å²) in [4.78, 5) is 26.5. The maximum atomic E-state index is 13.6. The molecule has 1 saturated heterocycles. The Morgan fingerprint density at radius 1 is 0.943 bits per heavy atom. The van der Waals surface area contributed by atoms with Gasteiger partial charge < -0.3 is 14.9 Å². The number of ether oxygens (including phenoxy) is 1. The lowest BCUT2D eigenvalue weighted by Gasteiger charge is -2.61. The van der Waals surface area contributed by atoms with E-state index in [4.69, 9.17) is 4.74 Å². The summed E-state index contributed by atoms with van der Waals surface area (Å²) < 4.78 is 6.74. The molecule has 6 rings (SSSR count). The van der Waals surface area contributed by atoms with Crippen LogP contribution >= 0.6 is 0 Å². The molecule has 0 bridgehead atoms. The van der Waals surface area contributed by atoms with Crippen LogP contribution in [0.15, 0.2) is 0 Å². The molecule has 5 aliphatic carbocycles. The van der Waals surface area contributed by atoms with E-state index in [-0.39, 0.29) is 39.6 Å². The number of aliphatic hydroxyl groups is 1. The summed E-state index contributed by atoms with van der Waals surface area (Å²) in [5.74, 6) is 0.855. The maximum absolute atomic E-state index is 13.6. The van der Waals surface area contributed by atoms with Crippen molar-refractivity contribution in [1.29, 1.82) is 0 Å². The summed E-state index contributed by atoms with van der Waals surface area (Å²) in [6, 6.07) is 0. The molecule has 0 radical (unpaired) electrons. The number of Topliss-reactive ketones (excluding diaryl/α,β-unsaturated/α-hetero) is 1. The zero-order chi connectivity index (χ0) is 25.4. The normalized spacial score (nSPS) is 55.8. The Kier molecular flexibility index (Phi) is 4.83. The van der Waals surface area contributed by atoms with Crippen LogP contribution in [0.3, 0.4) is 0 Å². The molecule has 196 valence electrons. The first-order valence-electron chi connectivity index (χ1n) is 14.3. The molecular weight excluding hydrogens is 440 g/mol. The first kappa shape index (κ1) is 24.4. The van der Waals surface area contributed by atoms with Crippen LogP contribution in [0.25, 0.3) is 0 Å². The monoisotopic (exact) mass is 486 g/mol. The fourth-order valence-corrected chi connectivity index (χ4v) is 11.8. The zero-order valence-corrected chi connectivity index (χ0v) is 22.7. The number of hydrogen-bond acceptors (Lipinski definition) is 4. The van der Waals surface area contributed by atoms with Gasteiger partial charge in [0.05, 0.1) is 23.2 Å². The molecule has 0 unspecified atom stereocenters. The van der Waals surface area contributed by atoms with Crippen molar-refractivity contribution in [3.05, 3.63) is 0 Å². The van der Waals surface area contributed by atoms with E-state index in [1.807, 2.05) is 13.8 Å². The largest absolute Gasteiger partial charge is 0.481 e. The highest BCUT2D eigenvalue weighted by Crippen LogP contribution is 2.89. The van der Waals surface area contributed by atoms with Gasteiger partial charge in [-0.15, -0.1) is 0 Å². The summed E-state index contributed by atoms with van der Waals surface area (Å²) in [6.45, 7) is 12.8. The Morgan fingerprint density at radius 3 is 2.29 bits per heavy atom. The first-order valence-corrected chi connectivity index (χ1v) is 14.3. The smallest absolute Gasteiger partial charge is 0.310 e. The van der Waals surface area contributed by atoms with Crippen molar-refractivity contribution < 1.29 is 24.5 Å². The van der Waals surface area contributed by atoms with Crippen molar-refractivity contribution in [1.82, 2.24) is 0 Å². The highest BCUT2D eigenvalue weighted by atomic mass is 16.5. The number of aliphatic carboxylic acids is 1. The number of rotatable bonds is 1. The number of fused-ring (bicyclic) bond motifs is 4. The summed E-state index contributed by atoms with van der Waals surface area (Å²) in [5.41, 5.74) is -1.84. The topological polar surface area (TPSA) is 83.8 Å². The Labute approximate surface area is 210 Å². The van der Waals surface area contributed by atoms with Gasteiger partial charge in [0.25, 0.3) is 0 Å². The van der Waals surface area contributed by atoms with Crippen LogP contribution in [-0.4, -0.2) is 39.8 Å². The van der Waals surface area contributed by atoms with Crippen LogP contribution < -0.4 is 0 Å². The summed E-state index contributed by atoms with van der Waals surface area (Å²) in [5, 5.41) is 22.0. The molecule has 5 heteroatoms. The predicted octanol–water partition coefficient (Wildman–Crippen LogP) is 5.62. The van der Waals surface area contributed by atoms with Gasteiger partial charge in [-0.3, -0.25) is 9.59 Å². The number of hydrogen-bond donors (Lipinski definition) is 2. The SMILES string of the molecule is C[C@@H]1CC[C@@H](O)C(C)(C)O[C@@H]2C[C@@]3(C(=O)O)[C@@H]4CC[C@H]5C(C)(C)C(=O)CC[C@@]56C[C@@]46CC[C@]3(C)[C@@H]12.